The van der Waals surface area contributed by atoms with Gasteiger partial charge in [0.2, 0.25) is 0 Å². The largest absolute Gasteiger partial charge is 0.344 e. The van der Waals surface area contributed by atoms with E-state index in [-0.39, 0.29) is 11.9 Å². The lowest BCUT2D eigenvalue weighted by Gasteiger charge is -2.16. The van der Waals surface area contributed by atoms with Gasteiger partial charge in [0, 0.05) is 15.8 Å². The van der Waals surface area contributed by atoms with E-state index in [0.717, 1.165) is 17.5 Å². The van der Waals surface area contributed by atoms with Gasteiger partial charge in [-0.2, -0.15) is 0 Å². The zero-order valence-corrected chi connectivity index (χ0v) is 13.1. The number of hydrogen-bond acceptors (Lipinski definition) is 2. The third-order valence-electron chi connectivity index (χ3n) is 3.01. The number of benzene rings is 1. The van der Waals surface area contributed by atoms with Crippen LogP contribution < -0.4 is 5.32 Å². The van der Waals surface area contributed by atoms with E-state index < -0.39 is 0 Å². The van der Waals surface area contributed by atoms with Crippen LogP contribution in [0.25, 0.3) is 0 Å². The lowest BCUT2D eigenvalue weighted by atomic mass is 10.1. The van der Waals surface area contributed by atoms with Crippen molar-refractivity contribution in [3.63, 3.8) is 0 Å². The molecule has 1 aromatic heterocycles. The van der Waals surface area contributed by atoms with Crippen molar-refractivity contribution in [2.24, 2.45) is 0 Å². The second kappa shape index (κ2) is 6.87. The highest BCUT2D eigenvalue weighted by Gasteiger charge is 2.16. The van der Waals surface area contributed by atoms with Crippen LogP contribution >= 0.6 is 27.3 Å². The Balaban J connectivity index is 2.16. The molecule has 1 amide bonds. The minimum Gasteiger partial charge on any atom is -0.344 e. The van der Waals surface area contributed by atoms with Gasteiger partial charge in [0.1, 0.15) is 0 Å². The normalized spacial score (nSPS) is 12.1. The summed E-state index contributed by atoms with van der Waals surface area (Å²) in [6.07, 6.45) is 0.892. The molecule has 0 spiro atoms. The number of halogens is 1. The van der Waals surface area contributed by atoms with Gasteiger partial charge in [0.15, 0.2) is 0 Å². The summed E-state index contributed by atoms with van der Waals surface area (Å²) in [7, 11) is 0. The second-order valence-electron chi connectivity index (χ2n) is 4.24. The number of rotatable bonds is 5. The van der Waals surface area contributed by atoms with Crippen LogP contribution in [0.1, 0.15) is 40.2 Å². The van der Waals surface area contributed by atoms with Crippen LogP contribution in [-0.2, 0) is 5.33 Å². The number of alkyl halides is 1. The highest BCUT2D eigenvalue weighted by atomic mass is 79.9. The summed E-state index contributed by atoms with van der Waals surface area (Å²) >= 11 is 5.10. The lowest BCUT2D eigenvalue weighted by Crippen LogP contribution is -2.28. The monoisotopic (exact) mass is 337 g/mol. The standard InChI is InChI=1S/C15H16BrNOS/c1-2-13(14-8-5-9-19-14)17-15(18)12-7-4-3-6-11(12)10-16/h3-9,13H,2,10H2,1H3,(H,17,18). The molecular formula is C15H16BrNOS. The van der Waals surface area contributed by atoms with Crippen LogP contribution in [0, 0.1) is 0 Å². The summed E-state index contributed by atoms with van der Waals surface area (Å²) in [5.41, 5.74) is 1.76. The van der Waals surface area contributed by atoms with Crippen molar-refractivity contribution in [1.29, 1.82) is 0 Å². The number of nitrogens with one attached hydrogen (secondary N) is 1. The summed E-state index contributed by atoms with van der Waals surface area (Å²) < 4.78 is 0. The Morgan fingerprint density at radius 3 is 2.74 bits per heavy atom. The van der Waals surface area contributed by atoms with E-state index >= 15 is 0 Å². The average Bonchev–Trinajstić information content (AvgIpc) is 2.98. The average molecular weight is 338 g/mol. The van der Waals surface area contributed by atoms with Crippen LogP contribution in [0.5, 0.6) is 0 Å². The molecule has 1 aromatic carbocycles. The predicted molar refractivity (Wildman–Crippen MR) is 83.9 cm³/mol. The molecule has 0 bridgehead atoms. The molecule has 1 heterocycles. The lowest BCUT2D eigenvalue weighted by molar-refractivity contribution is 0.0935. The van der Waals surface area contributed by atoms with E-state index in [1.54, 1.807) is 11.3 Å². The summed E-state index contributed by atoms with van der Waals surface area (Å²) in [6.45, 7) is 2.08. The Kier molecular flexibility index (Phi) is 5.16. The molecule has 0 fully saturated rings. The van der Waals surface area contributed by atoms with Crippen LogP contribution in [0.2, 0.25) is 0 Å². The zero-order chi connectivity index (χ0) is 13.7. The molecule has 1 atom stereocenters. The third kappa shape index (κ3) is 3.45. The SMILES string of the molecule is CCC(NC(=O)c1ccccc1CBr)c1cccs1. The maximum Gasteiger partial charge on any atom is 0.252 e. The van der Waals surface area contributed by atoms with Crippen molar-refractivity contribution in [2.45, 2.75) is 24.7 Å². The Bertz CT molecular complexity index is 539. The molecule has 0 radical (unpaired) electrons. The van der Waals surface area contributed by atoms with Gasteiger partial charge >= 0.3 is 0 Å². The number of carbonyl (C=O) groups excluding carboxylic acids is 1. The number of hydrogen-bond donors (Lipinski definition) is 1. The van der Waals surface area contributed by atoms with Gasteiger partial charge in [-0.15, -0.1) is 11.3 Å². The highest BCUT2D eigenvalue weighted by Crippen LogP contribution is 2.22. The van der Waals surface area contributed by atoms with Gasteiger partial charge in [-0.3, -0.25) is 4.79 Å². The van der Waals surface area contributed by atoms with E-state index in [1.807, 2.05) is 35.7 Å². The molecule has 0 saturated carbocycles. The fourth-order valence-electron chi connectivity index (χ4n) is 1.96. The topological polar surface area (TPSA) is 29.1 Å². The first-order valence-corrected chi connectivity index (χ1v) is 8.24. The molecule has 4 heteroatoms. The Hall–Kier alpha value is -1.13. The first-order chi connectivity index (χ1) is 9.26. The molecule has 1 N–H and O–H groups in total. The van der Waals surface area contributed by atoms with Crippen LogP contribution in [0.15, 0.2) is 41.8 Å². The van der Waals surface area contributed by atoms with Crippen LogP contribution in [0.3, 0.4) is 0 Å². The highest BCUT2D eigenvalue weighted by molar-refractivity contribution is 9.08. The molecular weight excluding hydrogens is 322 g/mol. The van der Waals surface area contributed by atoms with Gasteiger partial charge in [-0.1, -0.05) is 47.1 Å². The second-order valence-corrected chi connectivity index (χ2v) is 5.78. The van der Waals surface area contributed by atoms with Crippen molar-refractivity contribution in [1.82, 2.24) is 5.32 Å². The fourth-order valence-corrected chi connectivity index (χ4v) is 3.31. The van der Waals surface area contributed by atoms with Gasteiger partial charge in [0.25, 0.3) is 5.91 Å². The molecule has 0 aliphatic carbocycles. The van der Waals surface area contributed by atoms with Gasteiger partial charge < -0.3 is 5.32 Å². The maximum atomic E-state index is 12.4. The van der Waals surface area contributed by atoms with E-state index in [2.05, 4.69) is 34.2 Å². The van der Waals surface area contributed by atoms with Crippen molar-refractivity contribution in [3.05, 3.63) is 57.8 Å². The molecule has 2 nitrogen and oxygen atoms in total. The molecule has 19 heavy (non-hydrogen) atoms. The minimum atomic E-state index is -0.00435. The van der Waals surface area contributed by atoms with Crippen LogP contribution in [-0.4, -0.2) is 5.91 Å². The smallest absolute Gasteiger partial charge is 0.252 e. The number of amides is 1. The van der Waals surface area contributed by atoms with E-state index in [4.69, 9.17) is 0 Å². The minimum absolute atomic E-state index is 0.00435. The Labute approximate surface area is 126 Å². The Morgan fingerprint density at radius 2 is 2.11 bits per heavy atom. The molecule has 0 aliphatic heterocycles. The van der Waals surface area contributed by atoms with Crippen molar-refractivity contribution in [2.75, 3.05) is 0 Å². The first-order valence-electron chi connectivity index (χ1n) is 6.24. The van der Waals surface area contributed by atoms with Gasteiger partial charge in [0.05, 0.1) is 6.04 Å². The first kappa shape index (κ1) is 14.3. The van der Waals surface area contributed by atoms with Crippen LogP contribution in [0.4, 0.5) is 0 Å². The summed E-state index contributed by atoms with van der Waals surface area (Å²) in [5, 5.41) is 5.84. The van der Waals surface area contributed by atoms with Gasteiger partial charge in [-0.05, 0) is 29.5 Å². The fraction of sp³-hybridized carbons (Fsp3) is 0.267. The molecule has 0 aliphatic rings. The van der Waals surface area contributed by atoms with E-state index in [9.17, 15) is 4.79 Å². The summed E-state index contributed by atoms with van der Waals surface area (Å²) in [5.74, 6) is -0.00435. The summed E-state index contributed by atoms with van der Waals surface area (Å²) in [4.78, 5) is 13.6. The molecule has 0 saturated heterocycles. The molecule has 100 valence electrons. The molecule has 2 rings (SSSR count). The van der Waals surface area contributed by atoms with Crippen molar-refractivity contribution >= 4 is 33.2 Å². The number of carbonyl (C=O) groups is 1. The quantitative estimate of drug-likeness (QED) is 0.798. The van der Waals surface area contributed by atoms with Crippen molar-refractivity contribution < 1.29 is 4.79 Å². The third-order valence-corrected chi connectivity index (χ3v) is 4.60. The van der Waals surface area contributed by atoms with Crippen molar-refractivity contribution in [3.8, 4) is 0 Å². The molecule has 2 aromatic rings. The van der Waals surface area contributed by atoms with Gasteiger partial charge in [-0.25, -0.2) is 0 Å². The predicted octanol–water partition coefficient (Wildman–Crippen LogP) is 4.52. The van der Waals surface area contributed by atoms with E-state index in [1.165, 1.54) is 4.88 Å². The summed E-state index contributed by atoms with van der Waals surface area (Å²) in [6, 6.07) is 11.9. The Morgan fingerprint density at radius 1 is 1.32 bits per heavy atom. The maximum absolute atomic E-state index is 12.4. The zero-order valence-electron chi connectivity index (χ0n) is 10.7. The number of thiophene rings is 1. The van der Waals surface area contributed by atoms with E-state index in [0.29, 0.717) is 5.33 Å². The molecule has 1 unspecified atom stereocenters.